The molecule has 0 bridgehead atoms. The monoisotopic (exact) mass is 369 g/mol. The van der Waals surface area contributed by atoms with E-state index in [-0.39, 0.29) is 17.5 Å². The van der Waals surface area contributed by atoms with E-state index in [9.17, 15) is 13.6 Å². The molecule has 0 radical (unpaired) electrons. The summed E-state index contributed by atoms with van der Waals surface area (Å²) in [5, 5.41) is 6.37. The Morgan fingerprint density at radius 3 is 2.85 bits per heavy atom. The Bertz CT molecular complexity index is 903. The van der Waals surface area contributed by atoms with Gasteiger partial charge in [0.25, 0.3) is 6.43 Å². The lowest BCUT2D eigenvalue weighted by Crippen LogP contribution is -2.28. The number of carbonyl (C=O) groups is 1. The average molecular weight is 369 g/mol. The van der Waals surface area contributed by atoms with Crippen molar-refractivity contribution >= 4 is 42.0 Å². The molecule has 1 atom stereocenters. The zero-order chi connectivity index (χ0) is 19.1. The van der Waals surface area contributed by atoms with E-state index in [0.717, 1.165) is 47.7 Å². The number of aryl methyl sites for hydroxylation is 1. The van der Waals surface area contributed by atoms with Gasteiger partial charge in [0.2, 0.25) is 5.91 Å². The molecule has 7 heteroatoms. The van der Waals surface area contributed by atoms with Crippen molar-refractivity contribution in [2.75, 3.05) is 22.1 Å². The second kappa shape index (κ2) is 6.87. The van der Waals surface area contributed by atoms with Crippen LogP contribution in [-0.2, 0) is 11.2 Å². The van der Waals surface area contributed by atoms with Gasteiger partial charge in [-0.2, -0.15) is 0 Å². The Hall–Kier alpha value is -2.57. The number of hydrogen-bond donors (Lipinski definition) is 2. The summed E-state index contributed by atoms with van der Waals surface area (Å²) in [7, 11) is 1.74. The van der Waals surface area contributed by atoms with Gasteiger partial charge < -0.3 is 15.5 Å². The SMILES string of the molecule is Bc1cc2c(cc1C(F)F)N(c1cccc3c1N[C@H](C)CC(=O)N3)CCC2. The normalized spacial score (nSPS) is 19.0. The Morgan fingerprint density at radius 1 is 1.26 bits per heavy atom. The first kappa shape index (κ1) is 17.8. The Morgan fingerprint density at radius 2 is 2.07 bits per heavy atom. The van der Waals surface area contributed by atoms with Crippen molar-refractivity contribution in [3.8, 4) is 0 Å². The van der Waals surface area contributed by atoms with E-state index in [1.807, 2.05) is 31.2 Å². The summed E-state index contributed by atoms with van der Waals surface area (Å²) in [6, 6.07) is 9.25. The zero-order valence-electron chi connectivity index (χ0n) is 15.5. The molecule has 1 amide bonds. The maximum absolute atomic E-state index is 13.5. The lowest BCUT2D eigenvalue weighted by atomic mass is 9.85. The highest BCUT2D eigenvalue weighted by atomic mass is 19.3. The van der Waals surface area contributed by atoms with E-state index in [0.29, 0.717) is 11.9 Å². The third-order valence-corrected chi connectivity index (χ3v) is 5.31. The van der Waals surface area contributed by atoms with Crippen molar-refractivity contribution < 1.29 is 13.6 Å². The lowest BCUT2D eigenvalue weighted by Gasteiger charge is -2.34. The van der Waals surface area contributed by atoms with Gasteiger partial charge >= 0.3 is 0 Å². The molecule has 0 aliphatic carbocycles. The van der Waals surface area contributed by atoms with Crippen molar-refractivity contribution in [1.82, 2.24) is 0 Å². The number of alkyl halides is 2. The molecule has 2 heterocycles. The number of nitrogens with zero attached hydrogens (tertiary/aromatic N) is 1. The van der Waals surface area contributed by atoms with E-state index < -0.39 is 6.43 Å². The smallest absolute Gasteiger partial charge is 0.263 e. The summed E-state index contributed by atoms with van der Waals surface area (Å²) >= 11 is 0. The van der Waals surface area contributed by atoms with Crippen molar-refractivity contribution in [2.24, 2.45) is 0 Å². The number of fused-ring (bicyclic) bond motifs is 2. The lowest BCUT2D eigenvalue weighted by molar-refractivity contribution is -0.116. The number of halogens is 2. The van der Waals surface area contributed by atoms with Crippen LogP contribution < -0.4 is 21.0 Å². The molecule has 2 aliphatic rings. The van der Waals surface area contributed by atoms with Gasteiger partial charge in [-0.3, -0.25) is 4.79 Å². The minimum atomic E-state index is -2.50. The Kier molecular flexibility index (Phi) is 4.54. The minimum Gasteiger partial charge on any atom is -0.379 e. The van der Waals surface area contributed by atoms with E-state index in [1.54, 1.807) is 13.9 Å². The second-order valence-electron chi connectivity index (χ2n) is 7.39. The van der Waals surface area contributed by atoms with Crippen LogP contribution in [-0.4, -0.2) is 26.3 Å². The predicted molar refractivity (Wildman–Crippen MR) is 108 cm³/mol. The fraction of sp³-hybridized carbons (Fsp3) is 0.350. The molecule has 0 aromatic heterocycles. The topological polar surface area (TPSA) is 44.4 Å². The molecule has 2 N–H and O–H groups in total. The van der Waals surface area contributed by atoms with Gasteiger partial charge in [0, 0.05) is 30.3 Å². The third kappa shape index (κ3) is 3.26. The summed E-state index contributed by atoms with van der Waals surface area (Å²) in [5.74, 6) is -0.0273. The Balaban J connectivity index is 1.84. The molecule has 27 heavy (non-hydrogen) atoms. The number of benzene rings is 2. The number of nitrogens with one attached hydrogen (secondary N) is 2. The first-order valence-electron chi connectivity index (χ1n) is 9.32. The largest absolute Gasteiger partial charge is 0.379 e. The summed E-state index contributed by atoms with van der Waals surface area (Å²) in [4.78, 5) is 14.1. The van der Waals surface area contributed by atoms with Crippen LogP contribution in [0.25, 0.3) is 0 Å². The molecule has 2 aromatic carbocycles. The van der Waals surface area contributed by atoms with E-state index in [4.69, 9.17) is 0 Å². The maximum atomic E-state index is 13.5. The van der Waals surface area contributed by atoms with Gasteiger partial charge in [-0.15, -0.1) is 0 Å². The van der Waals surface area contributed by atoms with E-state index in [2.05, 4.69) is 15.5 Å². The molecule has 140 valence electrons. The first-order valence-corrected chi connectivity index (χ1v) is 9.32. The molecular formula is C20H22BF2N3O. The minimum absolute atomic E-state index is 0.00805. The highest BCUT2D eigenvalue weighted by Crippen LogP contribution is 2.42. The molecule has 4 nitrogen and oxygen atoms in total. The number of carbonyl (C=O) groups excluding carboxylic acids is 1. The van der Waals surface area contributed by atoms with Gasteiger partial charge in [0.05, 0.1) is 17.1 Å². The maximum Gasteiger partial charge on any atom is 0.263 e. The third-order valence-electron chi connectivity index (χ3n) is 5.31. The van der Waals surface area contributed by atoms with Gasteiger partial charge in [-0.1, -0.05) is 17.6 Å². The molecule has 0 fully saturated rings. The van der Waals surface area contributed by atoms with Gasteiger partial charge in [0.1, 0.15) is 7.85 Å². The predicted octanol–water partition coefficient (Wildman–Crippen LogP) is 3.11. The summed E-state index contributed by atoms with van der Waals surface area (Å²) in [5.41, 5.74) is 5.13. The number of hydrogen-bond acceptors (Lipinski definition) is 3. The number of para-hydroxylation sites is 1. The van der Waals surface area contributed by atoms with Crippen molar-refractivity contribution in [1.29, 1.82) is 0 Å². The molecule has 0 saturated carbocycles. The van der Waals surface area contributed by atoms with Crippen LogP contribution in [0, 0.1) is 0 Å². The van der Waals surface area contributed by atoms with E-state index in [1.165, 1.54) is 0 Å². The summed E-state index contributed by atoms with van der Waals surface area (Å²) < 4.78 is 26.9. The van der Waals surface area contributed by atoms with E-state index >= 15 is 0 Å². The molecular weight excluding hydrogens is 347 g/mol. The summed E-state index contributed by atoms with van der Waals surface area (Å²) in [6.07, 6.45) is -0.276. The molecule has 0 unspecified atom stereocenters. The fourth-order valence-electron chi connectivity index (χ4n) is 4.06. The van der Waals surface area contributed by atoms with Crippen LogP contribution in [0.1, 0.15) is 37.3 Å². The van der Waals surface area contributed by atoms with Crippen molar-refractivity contribution in [3.05, 3.63) is 41.5 Å². The van der Waals surface area contributed by atoms with Gasteiger partial charge in [-0.25, -0.2) is 8.78 Å². The molecule has 4 rings (SSSR count). The van der Waals surface area contributed by atoms with Crippen molar-refractivity contribution in [2.45, 2.75) is 38.7 Å². The van der Waals surface area contributed by atoms with Gasteiger partial charge in [0.15, 0.2) is 0 Å². The molecule has 0 spiro atoms. The van der Waals surface area contributed by atoms with Crippen LogP contribution in [0.15, 0.2) is 30.3 Å². The Labute approximate surface area is 158 Å². The van der Waals surface area contributed by atoms with Crippen LogP contribution in [0.3, 0.4) is 0 Å². The van der Waals surface area contributed by atoms with Crippen LogP contribution >= 0.6 is 0 Å². The van der Waals surface area contributed by atoms with Crippen LogP contribution in [0.5, 0.6) is 0 Å². The highest BCUT2D eigenvalue weighted by molar-refractivity contribution is 6.33. The van der Waals surface area contributed by atoms with Crippen molar-refractivity contribution in [3.63, 3.8) is 0 Å². The molecule has 2 aliphatic heterocycles. The fourth-order valence-corrected chi connectivity index (χ4v) is 4.06. The summed E-state index contributed by atoms with van der Waals surface area (Å²) in [6.45, 7) is 2.72. The van der Waals surface area contributed by atoms with Gasteiger partial charge in [-0.05, 0) is 43.5 Å². The molecule has 0 saturated heterocycles. The number of anilines is 4. The molecule has 2 aromatic rings. The highest BCUT2D eigenvalue weighted by Gasteiger charge is 2.27. The standard InChI is InChI=1S/C20H22BF2N3O/c1-11-8-18(27)25-15-5-2-6-16(19(15)24-11)26-7-3-4-12-9-14(21)13(20(22)23)10-17(12)26/h2,5-6,9-11,20,24H,3-4,7-8,21H2,1H3,(H,25,27)/t11-/m1/s1. The second-order valence-corrected chi connectivity index (χ2v) is 7.39. The average Bonchev–Trinajstić information content (AvgIpc) is 2.76. The number of rotatable bonds is 2. The van der Waals surface area contributed by atoms with Crippen LogP contribution in [0.2, 0.25) is 0 Å². The number of amides is 1. The van der Waals surface area contributed by atoms with Crippen LogP contribution in [0.4, 0.5) is 31.5 Å². The first-order chi connectivity index (χ1) is 12.9. The zero-order valence-corrected chi connectivity index (χ0v) is 15.5. The quantitative estimate of drug-likeness (QED) is 0.800.